The molecule has 3 rings (SSSR count). The molecule has 0 amide bonds. The number of halogens is 1. The molecule has 0 aliphatic heterocycles. The summed E-state index contributed by atoms with van der Waals surface area (Å²) in [4.78, 5) is 4.42. The molecule has 100 valence electrons. The van der Waals surface area contributed by atoms with Gasteiger partial charge in [-0.3, -0.25) is 0 Å². The molecule has 0 unspecified atom stereocenters. The van der Waals surface area contributed by atoms with E-state index in [0.29, 0.717) is 24.1 Å². The second-order valence-electron chi connectivity index (χ2n) is 5.12. The van der Waals surface area contributed by atoms with Gasteiger partial charge in [-0.05, 0) is 37.0 Å². The largest absolute Gasteiger partial charge is 0.339 e. The van der Waals surface area contributed by atoms with Gasteiger partial charge in [0.05, 0.1) is 0 Å². The van der Waals surface area contributed by atoms with Crippen molar-refractivity contribution in [1.82, 2.24) is 10.1 Å². The molecule has 0 radical (unpaired) electrons. The van der Waals surface area contributed by atoms with Crippen molar-refractivity contribution in [1.29, 1.82) is 0 Å². The summed E-state index contributed by atoms with van der Waals surface area (Å²) in [5, 5.41) is 3.98. The van der Waals surface area contributed by atoms with Gasteiger partial charge in [0.1, 0.15) is 5.82 Å². The third-order valence-corrected chi connectivity index (χ3v) is 3.58. The van der Waals surface area contributed by atoms with Crippen molar-refractivity contribution in [2.24, 2.45) is 5.73 Å². The van der Waals surface area contributed by atoms with E-state index in [1.165, 1.54) is 12.1 Å². The maximum absolute atomic E-state index is 12.8. The predicted octanol–water partition coefficient (Wildman–Crippen LogP) is 2.39. The van der Waals surface area contributed by atoms with E-state index in [9.17, 15) is 4.39 Å². The number of benzene rings is 1. The summed E-state index contributed by atoms with van der Waals surface area (Å²) >= 11 is 0. The Hall–Kier alpha value is -1.75. The molecule has 0 bridgehead atoms. The van der Waals surface area contributed by atoms with Gasteiger partial charge < -0.3 is 10.3 Å². The molecule has 0 saturated heterocycles. The standard InChI is InChI=1S/C14H16FN3O/c15-11-4-1-9(2-5-11)7-13-17-14(19-18-13)10-3-6-12(16)8-10/h1-2,4-5,10,12H,3,6-8,16H2/t10-,12+/m1/s1. The molecule has 2 atom stereocenters. The lowest BCUT2D eigenvalue weighted by atomic mass is 10.1. The first-order chi connectivity index (χ1) is 9.20. The Morgan fingerprint density at radius 1 is 1.26 bits per heavy atom. The van der Waals surface area contributed by atoms with E-state index in [-0.39, 0.29) is 11.9 Å². The molecule has 19 heavy (non-hydrogen) atoms. The van der Waals surface area contributed by atoms with E-state index in [1.807, 2.05) is 0 Å². The summed E-state index contributed by atoms with van der Waals surface area (Å²) in [6.45, 7) is 0. The summed E-state index contributed by atoms with van der Waals surface area (Å²) < 4.78 is 18.1. The first-order valence-electron chi connectivity index (χ1n) is 6.53. The van der Waals surface area contributed by atoms with Crippen LogP contribution in [0.5, 0.6) is 0 Å². The van der Waals surface area contributed by atoms with Gasteiger partial charge >= 0.3 is 0 Å². The summed E-state index contributed by atoms with van der Waals surface area (Å²) in [5.41, 5.74) is 6.85. The van der Waals surface area contributed by atoms with Gasteiger partial charge in [0.15, 0.2) is 5.82 Å². The second-order valence-corrected chi connectivity index (χ2v) is 5.12. The molecular formula is C14H16FN3O. The molecule has 1 aliphatic rings. The Bertz CT molecular complexity index is 552. The van der Waals surface area contributed by atoms with E-state index in [1.54, 1.807) is 12.1 Å². The number of aromatic nitrogens is 2. The van der Waals surface area contributed by atoms with Crippen LogP contribution in [0.3, 0.4) is 0 Å². The lowest BCUT2D eigenvalue weighted by Gasteiger charge is -2.01. The summed E-state index contributed by atoms with van der Waals surface area (Å²) in [6, 6.07) is 6.59. The zero-order valence-corrected chi connectivity index (χ0v) is 10.6. The molecule has 0 spiro atoms. The Morgan fingerprint density at radius 2 is 2.05 bits per heavy atom. The smallest absolute Gasteiger partial charge is 0.229 e. The van der Waals surface area contributed by atoms with Crippen LogP contribution in [0.2, 0.25) is 0 Å². The van der Waals surface area contributed by atoms with Crippen molar-refractivity contribution in [3.05, 3.63) is 47.4 Å². The molecule has 1 aromatic carbocycles. The van der Waals surface area contributed by atoms with Crippen molar-refractivity contribution in [2.45, 2.75) is 37.6 Å². The fraction of sp³-hybridized carbons (Fsp3) is 0.429. The Kier molecular flexibility index (Phi) is 3.29. The third-order valence-electron chi connectivity index (χ3n) is 3.58. The van der Waals surface area contributed by atoms with Gasteiger partial charge in [0.25, 0.3) is 0 Å². The number of rotatable bonds is 3. The molecule has 1 aromatic heterocycles. The number of hydrogen-bond donors (Lipinski definition) is 1. The lowest BCUT2D eigenvalue weighted by molar-refractivity contribution is 0.350. The molecule has 1 heterocycles. The topological polar surface area (TPSA) is 64.9 Å². The van der Waals surface area contributed by atoms with Gasteiger partial charge in [-0.25, -0.2) is 4.39 Å². The minimum absolute atomic E-state index is 0.238. The van der Waals surface area contributed by atoms with Crippen LogP contribution in [-0.4, -0.2) is 16.2 Å². The molecule has 1 saturated carbocycles. The second kappa shape index (κ2) is 5.09. The first kappa shape index (κ1) is 12.3. The van der Waals surface area contributed by atoms with E-state index in [4.69, 9.17) is 10.3 Å². The highest BCUT2D eigenvalue weighted by molar-refractivity contribution is 5.19. The molecule has 1 fully saturated rings. The van der Waals surface area contributed by atoms with E-state index >= 15 is 0 Å². The molecule has 2 aromatic rings. The molecule has 2 N–H and O–H groups in total. The summed E-state index contributed by atoms with van der Waals surface area (Å²) in [7, 11) is 0. The maximum Gasteiger partial charge on any atom is 0.229 e. The average molecular weight is 261 g/mol. The highest BCUT2D eigenvalue weighted by Crippen LogP contribution is 2.32. The molecule has 1 aliphatic carbocycles. The van der Waals surface area contributed by atoms with Crippen LogP contribution >= 0.6 is 0 Å². The zero-order chi connectivity index (χ0) is 13.2. The predicted molar refractivity (Wildman–Crippen MR) is 68.1 cm³/mol. The highest BCUT2D eigenvalue weighted by Gasteiger charge is 2.27. The van der Waals surface area contributed by atoms with Crippen LogP contribution in [0.1, 0.15) is 42.5 Å². The normalized spacial score (nSPS) is 22.8. The van der Waals surface area contributed by atoms with Crippen LogP contribution in [0.4, 0.5) is 4.39 Å². The van der Waals surface area contributed by atoms with E-state index in [0.717, 1.165) is 24.8 Å². The molecule has 4 nitrogen and oxygen atoms in total. The Labute approximate surface area is 110 Å². The van der Waals surface area contributed by atoms with Crippen LogP contribution in [-0.2, 0) is 6.42 Å². The van der Waals surface area contributed by atoms with Crippen molar-refractivity contribution < 1.29 is 8.91 Å². The molecular weight excluding hydrogens is 245 g/mol. The van der Waals surface area contributed by atoms with Crippen LogP contribution in [0.25, 0.3) is 0 Å². The van der Waals surface area contributed by atoms with Crippen molar-refractivity contribution >= 4 is 0 Å². The lowest BCUT2D eigenvalue weighted by Crippen LogP contribution is -2.14. The quantitative estimate of drug-likeness (QED) is 0.921. The first-order valence-corrected chi connectivity index (χ1v) is 6.53. The van der Waals surface area contributed by atoms with Crippen molar-refractivity contribution in [2.75, 3.05) is 0 Å². The number of nitrogens with zero attached hydrogens (tertiary/aromatic N) is 2. The van der Waals surface area contributed by atoms with Crippen LogP contribution in [0, 0.1) is 5.82 Å². The van der Waals surface area contributed by atoms with Crippen molar-refractivity contribution in [3.63, 3.8) is 0 Å². The minimum Gasteiger partial charge on any atom is -0.339 e. The Balaban J connectivity index is 1.69. The fourth-order valence-electron chi connectivity index (χ4n) is 2.53. The SMILES string of the molecule is N[C@H]1CC[C@@H](c2nc(Cc3ccc(F)cc3)no2)C1. The van der Waals surface area contributed by atoms with Gasteiger partial charge in [-0.1, -0.05) is 17.3 Å². The average Bonchev–Trinajstić information content (AvgIpc) is 3.01. The Morgan fingerprint density at radius 3 is 2.74 bits per heavy atom. The van der Waals surface area contributed by atoms with Crippen LogP contribution < -0.4 is 5.73 Å². The number of nitrogens with two attached hydrogens (primary N) is 1. The third kappa shape index (κ3) is 2.81. The maximum atomic E-state index is 12.8. The van der Waals surface area contributed by atoms with Crippen LogP contribution in [0.15, 0.2) is 28.8 Å². The number of hydrogen-bond acceptors (Lipinski definition) is 4. The van der Waals surface area contributed by atoms with E-state index in [2.05, 4.69) is 10.1 Å². The summed E-state index contributed by atoms with van der Waals surface area (Å²) in [6.07, 6.45) is 3.50. The van der Waals surface area contributed by atoms with Gasteiger partial charge in [-0.2, -0.15) is 4.98 Å². The van der Waals surface area contributed by atoms with Gasteiger partial charge in [-0.15, -0.1) is 0 Å². The minimum atomic E-state index is -0.238. The fourth-order valence-corrected chi connectivity index (χ4v) is 2.53. The van der Waals surface area contributed by atoms with Gasteiger partial charge in [0, 0.05) is 18.4 Å². The van der Waals surface area contributed by atoms with Crippen molar-refractivity contribution in [3.8, 4) is 0 Å². The summed E-state index contributed by atoms with van der Waals surface area (Å²) in [5.74, 6) is 1.38. The van der Waals surface area contributed by atoms with Gasteiger partial charge in [0.2, 0.25) is 5.89 Å². The zero-order valence-electron chi connectivity index (χ0n) is 10.6. The monoisotopic (exact) mass is 261 g/mol. The highest BCUT2D eigenvalue weighted by atomic mass is 19.1. The van der Waals surface area contributed by atoms with E-state index < -0.39 is 0 Å². The molecule has 5 heteroatoms.